The van der Waals surface area contributed by atoms with Crippen LogP contribution in [0.4, 0.5) is 0 Å². The molecule has 0 radical (unpaired) electrons. The summed E-state index contributed by atoms with van der Waals surface area (Å²) in [6.45, 7) is 2.87. The maximum atomic E-state index is 12.9. The minimum atomic E-state index is -0.0603. The lowest BCUT2D eigenvalue weighted by Gasteiger charge is -2.16. The molecule has 3 aromatic heterocycles. The molecule has 0 spiro atoms. The van der Waals surface area contributed by atoms with Crippen molar-refractivity contribution in [2.75, 3.05) is 7.05 Å². The summed E-state index contributed by atoms with van der Waals surface area (Å²) in [5, 5.41) is 4.40. The van der Waals surface area contributed by atoms with Gasteiger partial charge in [-0.3, -0.25) is 4.79 Å². The summed E-state index contributed by atoms with van der Waals surface area (Å²) in [4.78, 5) is 19.2. The number of hydrogen-bond donors (Lipinski definition) is 0. The van der Waals surface area contributed by atoms with Gasteiger partial charge in [-0.2, -0.15) is 5.10 Å². The Labute approximate surface area is 197 Å². The maximum absolute atomic E-state index is 12.9. The number of pyridine rings is 1. The van der Waals surface area contributed by atoms with Crippen LogP contribution < -0.4 is 4.74 Å². The number of aryl methyl sites for hydroxylation is 1. The molecule has 0 N–H and O–H groups in total. The Bertz CT molecular complexity index is 1420. The number of aromatic nitrogens is 4. The minimum absolute atomic E-state index is 0.0603. The predicted molar refractivity (Wildman–Crippen MR) is 130 cm³/mol. The van der Waals surface area contributed by atoms with E-state index in [0.29, 0.717) is 24.5 Å². The summed E-state index contributed by atoms with van der Waals surface area (Å²) in [5.74, 6) is 0.631. The second-order valence-electron chi connectivity index (χ2n) is 8.26. The van der Waals surface area contributed by atoms with Gasteiger partial charge in [0.15, 0.2) is 0 Å². The van der Waals surface area contributed by atoms with Crippen LogP contribution in [0.5, 0.6) is 5.75 Å². The molecule has 3 heterocycles. The molecule has 0 fully saturated rings. The fraction of sp³-hybridized carbons (Fsp3) is 0.148. The molecule has 1 amide bonds. The van der Waals surface area contributed by atoms with E-state index in [1.807, 2.05) is 89.2 Å². The van der Waals surface area contributed by atoms with Crippen molar-refractivity contribution in [1.29, 1.82) is 0 Å². The van der Waals surface area contributed by atoms with E-state index in [2.05, 4.69) is 10.1 Å². The summed E-state index contributed by atoms with van der Waals surface area (Å²) in [6, 6.07) is 21.1. The van der Waals surface area contributed by atoms with Crippen molar-refractivity contribution in [2.24, 2.45) is 0 Å². The van der Waals surface area contributed by atoms with Crippen molar-refractivity contribution in [2.45, 2.75) is 20.1 Å². The van der Waals surface area contributed by atoms with E-state index in [4.69, 9.17) is 4.74 Å². The van der Waals surface area contributed by atoms with Crippen molar-refractivity contribution in [3.63, 3.8) is 0 Å². The van der Waals surface area contributed by atoms with E-state index in [-0.39, 0.29) is 5.91 Å². The smallest absolute Gasteiger partial charge is 0.253 e. The third kappa shape index (κ3) is 4.54. The fourth-order valence-electron chi connectivity index (χ4n) is 3.85. The third-order valence-corrected chi connectivity index (χ3v) is 5.64. The Morgan fingerprint density at radius 1 is 1.00 bits per heavy atom. The standard InChI is InChI=1S/C27H25N5O2/c1-20-7-6-14-31-18-23(29-26(20)31)19-34-25-12-10-22(11-13-25)27(33)30(2)16-21-15-28-32(17-21)24-8-4-3-5-9-24/h3-15,17-18H,16,19H2,1-2H3. The largest absolute Gasteiger partial charge is 0.487 e. The van der Waals surface area contributed by atoms with Gasteiger partial charge in [-0.05, 0) is 55.0 Å². The zero-order valence-corrected chi connectivity index (χ0v) is 19.1. The predicted octanol–water partition coefficient (Wildman–Crippen LogP) is 4.68. The number of carbonyl (C=O) groups excluding carboxylic acids is 1. The van der Waals surface area contributed by atoms with E-state index in [9.17, 15) is 4.79 Å². The van der Waals surface area contributed by atoms with E-state index in [1.54, 1.807) is 30.3 Å². The molecule has 0 aliphatic carbocycles. The van der Waals surface area contributed by atoms with Crippen LogP contribution in [0, 0.1) is 6.92 Å². The molecule has 0 saturated heterocycles. The van der Waals surface area contributed by atoms with E-state index in [1.165, 1.54) is 0 Å². The fourth-order valence-corrected chi connectivity index (χ4v) is 3.85. The van der Waals surface area contributed by atoms with Gasteiger partial charge in [0.2, 0.25) is 0 Å². The van der Waals surface area contributed by atoms with Crippen LogP contribution in [0.15, 0.2) is 91.5 Å². The Morgan fingerprint density at radius 3 is 2.56 bits per heavy atom. The average molecular weight is 452 g/mol. The number of carbonyl (C=O) groups is 1. The monoisotopic (exact) mass is 451 g/mol. The van der Waals surface area contributed by atoms with Gasteiger partial charge in [0.25, 0.3) is 5.91 Å². The van der Waals surface area contributed by atoms with Gasteiger partial charge in [-0.25, -0.2) is 9.67 Å². The quantitative estimate of drug-likeness (QED) is 0.360. The number of hydrogen-bond acceptors (Lipinski definition) is 4. The first-order valence-electron chi connectivity index (χ1n) is 11.1. The molecule has 7 nitrogen and oxygen atoms in total. The molecule has 5 aromatic rings. The van der Waals surface area contributed by atoms with Gasteiger partial charge >= 0.3 is 0 Å². The highest BCUT2D eigenvalue weighted by Gasteiger charge is 2.14. The van der Waals surface area contributed by atoms with Gasteiger partial charge in [0.1, 0.15) is 18.0 Å². The number of nitrogens with zero attached hydrogens (tertiary/aromatic N) is 5. The van der Waals surface area contributed by atoms with E-state index < -0.39 is 0 Å². The number of amides is 1. The van der Waals surface area contributed by atoms with Crippen LogP contribution in [-0.4, -0.2) is 37.0 Å². The topological polar surface area (TPSA) is 64.7 Å². The molecular weight excluding hydrogens is 426 g/mol. The van der Waals surface area contributed by atoms with Crippen molar-refractivity contribution in [3.8, 4) is 11.4 Å². The van der Waals surface area contributed by atoms with Crippen molar-refractivity contribution < 1.29 is 9.53 Å². The first-order valence-corrected chi connectivity index (χ1v) is 11.1. The number of fused-ring (bicyclic) bond motifs is 1. The number of benzene rings is 2. The molecule has 5 rings (SSSR count). The lowest BCUT2D eigenvalue weighted by Crippen LogP contribution is -2.25. The van der Waals surface area contributed by atoms with Crippen LogP contribution in [0.3, 0.4) is 0 Å². The van der Waals surface area contributed by atoms with E-state index in [0.717, 1.165) is 28.2 Å². The summed E-state index contributed by atoms with van der Waals surface area (Å²) in [7, 11) is 1.79. The first kappa shape index (κ1) is 21.5. The van der Waals surface area contributed by atoms with Gasteiger partial charge in [0, 0.05) is 43.3 Å². The Balaban J connectivity index is 1.19. The lowest BCUT2D eigenvalue weighted by molar-refractivity contribution is 0.0785. The average Bonchev–Trinajstić information content (AvgIpc) is 3.51. The summed E-state index contributed by atoms with van der Waals surface area (Å²) in [5.41, 5.74) is 5.45. The van der Waals surface area contributed by atoms with Crippen LogP contribution in [0.25, 0.3) is 11.3 Å². The highest BCUT2D eigenvalue weighted by molar-refractivity contribution is 5.94. The molecular formula is C27H25N5O2. The second-order valence-corrected chi connectivity index (χ2v) is 8.26. The summed E-state index contributed by atoms with van der Waals surface area (Å²) < 4.78 is 9.69. The maximum Gasteiger partial charge on any atom is 0.253 e. The molecule has 0 atom stereocenters. The number of rotatable bonds is 7. The third-order valence-electron chi connectivity index (χ3n) is 5.64. The number of para-hydroxylation sites is 1. The molecule has 0 aliphatic rings. The summed E-state index contributed by atoms with van der Waals surface area (Å²) >= 11 is 0. The highest BCUT2D eigenvalue weighted by Crippen LogP contribution is 2.17. The van der Waals surface area contributed by atoms with Crippen molar-refractivity contribution >= 4 is 11.6 Å². The lowest BCUT2D eigenvalue weighted by atomic mass is 10.2. The molecule has 34 heavy (non-hydrogen) atoms. The zero-order valence-electron chi connectivity index (χ0n) is 19.1. The van der Waals surface area contributed by atoms with Gasteiger partial charge < -0.3 is 14.0 Å². The van der Waals surface area contributed by atoms with Crippen LogP contribution >= 0.6 is 0 Å². The second kappa shape index (κ2) is 9.23. The van der Waals surface area contributed by atoms with Gasteiger partial charge in [-0.1, -0.05) is 24.3 Å². The number of imidazole rings is 1. The Hall–Kier alpha value is -4.39. The van der Waals surface area contributed by atoms with Crippen LogP contribution in [0.1, 0.15) is 27.2 Å². The molecule has 0 bridgehead atoms. The normalized spacial score (nSPS) is 11.0. The molecule has 0 unspecified atom stereocenters. The molecule has 7 heteroatoms. The van der Waals surface area contributed by atoms with Crippen LogP contribution in [0.2, 0.25) is 0 Å². The van der Waals surface area contributed by atoms with Crippen molar-refractivity contribution in [1.82, 2.24) is 24.1 Å². The minimum Gasteiger partial charge on any atom is -0.487 e. The first-order chi connectivity index (χ1) is 16.6. The van der Waals surface area contributed by atoms with Gasteiger partial charge in [-0.15, -0.1) is 0 Å². The van der Waals surface area contributed by atoms with Crippen molar-refractivity contribution in [3.05, 3.63) is 114 Å². The molecule has 170 valence electrons. The zero-order chi connectivity index (χ0) is 23.5. The molecule has 0 saturated carbocycles. The summed E-state index contributed by atoms with van der Waals surface area (Å²) in [6.07, 6.45) is 7.67. The van der Waals surface area contributed by atoms with E-state index >= 15 is 0 Å². The number of ether oxygens (including phenoxy) is 1. The Morgan fingerprint density at radius 2 is 1.79 bits per heavy atom. The molecule has 2 aromatic carbocycles. The Kier molecular flexibility index (Phi) is 5.82. The van der Waals surface area contributed by atoms with Gasteiger partial charge in [0.05, 0.1) is 17.6 Å². The molecule has 0 aliphatic heterocycles. The SMILES string of the molecule is Cc1cccn2cc(COc3ccc(C(=O)N(C)Cc4cnn(-c5ccccc5)c4)cc3)nc12. The van der Waals surface area contributed by atoms with Crippen LogP contribution in [-0.2, 0) is 13.2 Å². The highest BCUT2D eigenvalue weighted by atomic mass is 16.5.